The third-order valence-electron chi connectivity index (χ3n) is 2.74. The third kappa shape index (κ3) is 3.55. The van der Waals surface area contributed by atoms with Crippen molar-refractivity contribution in [1.29, 1.82) is 0 Å². The number of hydrogen-bond acceptors (Lipinski definition) is 4. The zero-order chi connectivity index (χ0) is 10.6. The van der Waals surface area contributed by atoms with Gasteiger partial charge in [0.05, 0.1) is 11.5 Å². The number of nitrogens with two attached hydrogens (primary N) is 1. The normalized spacial score (nSPS) is 25.8. The maximum absolute atomic E-state index is 11.2. The Morgan fingerprint density at radius 2 is 2.21 bits per heavy atom. The van der Waals surface area contributed by atoms with Gasteiger partial charge in [-0.3, -0.25) is 0 Å². The predicted octanol–water partition coefficient (Wildman–Crippen LogP) is -0.298. The number of hydrogen-bond donors (Lipinski definition) is 1. The fourth-order valence-electron chi connectivity index (χ4n) is 1.94. The molecule has 1 heterocycles. The Hall–Kier alpha value is -0.130. The van der Waals surface area contributed by atoms with Crippen molar-refractivity contribution in [3.05, 3.63) is 0 Å². The SMILES string of the molecule is CCN(CCN)CC1CCS(=O)(=O)C1. The third-order valence-corrected chi connectivity index (χ3v) is 4.57. The van der Waals surface area contributed by atoms with Gasteiger partial charge in [0.15, 0.2) is 9.84 Å². The Kier molecular flexibility index (Phi) is 4.34. The van der Waals surface area contributed by atoms with Gasteiger partial charge in [0, 0.05) is 19.6 Å². The second kappa shape index (κ2) is 5.09. The van der Waals surface area contributed by atoms with E-state index in [9.17, 15) is 8.42 Å². The average molecular weight is 220 g/mol. The molecule has 0 amide bonds. The first-order chi connectivity index (χ1) is 6.57. The summed E-state index contributed by atoms with van der Waals surface area (Å²) in [6.45, 7) is 5.43. The first-order valence-corrected chi connectivity index (χ1v) is 7.02. The molecule has 0 saturated carbocycles. The van der Waals surface area contributed by atoms with Gasteiger partial charge >= 0.3 is 0 Å². The summed E-state index contributed by atoms with van der Waals surface area (Å²) in [5.41, 5.74) is 5.47. The summed E-state index contributed by atoms with van der Waals surface area (Å²) in [6, 6.07) is 0. The summed E-state index contributed by atoms with van der Waals surface area (Å²) < 4.78 is 22.5. The van der Waals surface area contributed by atoms with E-state index in [1.807, 2.05) is 0 Å². The Balaban J connectivity index is 2.37. The second-order valence-electron chi connectivity index (χ2n) is 3.95. The molecule has 1 fully saturated rings. The molecule has 1 rings (SSSR count). The van der Waals surface area contributed by atoms with Gasteiger partial charge in [-0.15, -0.1) is 0 Å². The van der Waals surface area contributed by atoms with Crippen LogP contribution in [-0.2, 0) is 9.84 Å². The molecule has 2 N–H and O–H groups in total. The highest BCUT2D eigenvalue weighted by Gasteiger charge is 2.28. The zero-order valence-electron chi connectivity index (χ0n) is 8.78. The molecule has 1 saturated heterocycles. The summed E-state index contributed by atoms with van der Waals surface area (Å²) in [4.78, 5) is 2.23. The van der Waals surface area contributed by atoms with Crippen molar-refractivity contribution in [1.82, 2.24) is 4.90 Å². The van der Waals surface area contributed by atoms with Gasteiger partial charge in [-0.2, -0.15) is 0 Å². The first kappa shape index (κ1) is 11.9. The minimum absolute atomic E-state index is 0.325. The molecule has 1 atom stereocenters. The van der Waals surface area contributed by atoms with Crippen LogP contribution in [0.1, 0.15) is 13.3 Å². The maximum Gasteiger partial charge on any atom is 0.150 e. The van der Waals surface area contributed by atoms with Gasteiger partial charge in [-0.05, 0) is 18.9 Å². The van der Waals surface area contributed by atoms with Crippen molar-refractivity contribution in [3.63, 3.8) is 0 Å². The van der Waals surface area contributed by atoms with Crippen LogP contribution in [0.3, 0.4) is 0 Å². The summed E-state index contributed by atoms with van der Waals surface area (Å²) >= 11 is 0. The van der Waals surface area contributed by atoms with Gasteiger partial charge in [-0.1, -0.05) is 6.92 Å². The number of sulfone groups is 1. The van der Waals surface area contributed by atoms with Crippen molar-refractivity contribution >= 4 is 9.84 Å². The van der Waals surface area contributed by atoms with Crippen molar-refractivity contribution in [2.24, 2.45) is 11.7 Å². The lowest BCUT2D eigenvalue weighted by molar-refractivity contribution is 0.257. The van der Waals surface area contributed by atoms with E-state index in [1.54, 1.807) is 0 Å². The molecule has 0 aromatic heterocycles. The van der Waals surface area contributed by atoms with E-state index < -0.39 is 9.84 Å². The van der Waals surface area contributed by atoms with E-state index in [2.05, 4.69) is 11.8 Å². The first-order valence-electron chi connectivity index (χ1n) is 5.20. The molecule has 0 spiro atoms. The van der Waals surface area contributed by atoms with Crippen LogP contribution in [0.15, 0.2) is 0 Å². The molecule has 5 heteroatoms. The van der Waals surface area contributed by atoms with Crippen LogP contribution < -0.4 is 5.73 Å². The molecule has 1 aliphatic rings. The lowest BCUT2D eigenvalue weighted by Gasteiger charge is -2.22. The summed E-state index contributed by atoms with van der Waals surface area (Å²) in [5, 5.41) is 0. The van der Waals surface area contributed by atoms with Crippen LogP contribution in [0.5, 0.6) is 0 Å². The van der Waals surface area contributed by atoms with Gasteiger partial charge in [-0.25, -0.2) is 8.42 Å². The van der Waals surface area contributed by atoms with Crippen LogP contribution in [-0.4, -0.2) is 51.0 Å². The number of likely N-dealkylation sites (N-methyl/N-ethyl adjacent to an activating group) is 1. The molecule has 0 aromatic carbocycles. The molecule has 1 aliphatic heterocycles. The second-order valence-corrected chi connectivity index (χ2v) is 6.18. The van der Waals surface area contributed by atoms with Crippen LogP contribution in [0.2, 0.25) is 0 Å². The Bertz CT molecular complexity index is 264. The van der Waals surface area contributed by atoms with Gasteiger partial charge < -0.3 is 10.6 Å². The monoisotopic (exact) mass is 220 g/mol. The lowest BCUT2D eigenvalue weighted by atomic mass is 10.1. The van der Waals surface area contributed by atoms with Crippen molar-refractivity contribution in [2.75, 3.05) is 37.7 Å². The largest absolute Gasteiger partial charge is 0.329 e. The molecule has 1 unspecified atom stereocenters. The highest BCUT2D eigenvalue weighted by atomic mass is 32.2. The Morgan fingerprint density at radius 3 is 2.64 bits per heavy atom. The number of nitrogens with zero attached hydrogens (tertiary/aromatic N) is 1. The van der Waals surface area contributed by atoms with E-state index in [-0.39, 0.29) is 0 Å². The molecule has 0 aromatic rings. The van der Waals surface area contributed by atoms with E-state index in [4.69, 9.17) is 5.73 Å². The highest BCUT2D eigenvalue weighted by molar-refractivity contribution is 7.91. The van der Waals surface area contributed by atoms with Crippen LogP contribution in [0, 0.1) is 5.92 Å². The van der Waals surface area contributed by atoms with Crippen molar-refractivity contribution in [2.45, 2.75) is 13.3 Å². The average Bonchev–Trinajstić information content (AvgIpc) is 2.45. The Morgan fingerprint density at radius 1 is 1.50 bits per heavy atom. The molecule has 0 aliphatic carbocycles. The van der Waals surface area contributed by atoms with Gasteiger partial charge in [0.25, 0.3) is 0 Å². The van der Waals surface area contributed by atoms with Crippen molar-refractivity contribution in [3.8, 4) is 0 Å². The van der Waals surface area contributed by atoms with E-state index in [0.717, 1.165) is 26.1 Å². The minimum Gasteiger partial charge on any atom is -0.329 e. The molecule has 4 nitrogen and oxygen atoms in total. The van der Waals surface area contributed by atoms with Crippen molar-refractivity contribution < 1.29 is 8.42 Å². The van der Waals surface area contributed by atoms with E-state index >= 15 is 0 Å². The molecule has 0 bridgehead atoms. The van der Waals surface area contributed by atoms with Gasteiger partial charge in [0.1, 0.15) is 0 Å². The van der Waals surface area contributed by atoms with Crippen LogP contribution in [0.4, 0.5) is 0 Å². The topological polar surface area (TPSA) is 63.4 Å². The molecule has 14 heavy (non-hydrogen) atoms. The van der Waals surface area contributed by atoms with Crippen LogP contribution in [0.25, 0.3) is 0 Å². The summed E-state index contributed by atoms with van der Waals surface area (Å²) in [7, 11) is -2.72. The molecular formula is C9H20N2O2S. The quantitative estimate of drug-likeness (QED) is 0.691. The van der Waals surface area contributed by atoms with E-state index in [1.165, 1.54) is 0 Å². The smallest absolute Gasteiger partial charge is 0.150 e. The fourth-order valence-corrected chi connectivity index (χ4v) is 3.79. The molecular weight excluding hydrogens is 200 g/mol. The lowest BCUT2D eigenvalue weighted by Crippen LogP contribution is -2.34. The standard InChI is InChI=1S/C9H20N2O2S/c1-2-11(5-4-10)7-9-3-6-14(12,13)8-9/h9H,2-8,10H2,1H3. The highest BCUT2D eigenvalue weighted by Crippen LogP contribution is 2.19. The summed E-state index contributed by atoms with van der Waals surface area (Å²) in [5.74, 6) is 1.07. The van der Waals surface area contributed by atoms with Gasteiger partial charge in [0.2, 0.25) is 0 Å². The van der Waals surface area contributed by atoms with Crippen LogP contribution >= 0.6 is 0 Å². The maximum atomic E-state index is 11.2. The zero-order valence-corrected chi connectivity index (χ0v) is 9.59. The minimum atomic E-state index is -2.72. The number of rotatable bonds is 5. The fraction of sp³-hybridized carbons (Fsp3) is 1.00. The molecule has 0 radical (unpaired) electrons. The predicted molar refractivity (Wildman–Crippen MR) is 57.9 cm³/mol. The van der Waals surface area contributed by atoms with E-state index in [0.29, 0.717) is 24.0 Å². The molecule has 84 valence electrons. The Labute approximate surface area is 86.4 Å². The summed E-state index contributed by atoms with van der Waals surface area (Å²) in [6.07, 6.45) is 0.823.